The van der Waals surface area contributed by atoms with E-state index in [0.29, 0.717) is 13.0 Å². The number of aromatic hydroxyl groups is 1. The standard InChI is InChI=1S/C24H21ClF6N4O2/c1-10-16(24(29,30)31)20(32-11(2)17(10)27)15-14(25)6-13-19(18(15)28)33-22(34-21(13)36)37-9-23-4-3-5-35(23)8-12(26)7-23/h6,12H,3-5,7-9H2,1-2H3,(H,33,34,36)/t12-,23+/m1/s1. The molecule has 2 atom stereocenters. The number of halogens is 7. The van der Waals surface area contributed by atoms with Crippen molar-refractivity contribution >= 4 is 22.5 Å². The minimum atomic E-state index is -5.07. The van der Waals surface area contributed by atoms with E-state index < -0.39 is 74.3 Å². The smallest absolute Gasteiger partial charge is 0.418 e. The van der Waals surface area contributed by atoms with Gasteiger partial charge in [0.15, 0.2) is 5.82 Å². The van der Waals surface area contributed by atoms with Crippen LogP contribution in [0, 0.1) is 25.5 Å². The lowest BCUT2D eigenvalue weighted by Crippen LogP contribution is -2.43. The van der Waals surface area contributed by atoms with Gasteiger partial charge < -0.3 is 9.84 Å². The molecule has 0 unspecified atom stereocenters. The number of aromatic nitrogens is 3. The molecular weight excluding hydrogens is 526 g/mol. The van der Waals surface area contributed by atoms with Gasteiger partial charge in [0, 0.05) is 18.5 Å². The fourth-order valence-electron chi connectivity index (χ4n) is 5.45. The summed E-state index contributed by atoms with van der Waals surface area (Å²) in [6, 6.07) is 0.572. The second-order valence-electron chi connectivity index (χ2n) is 9.49. The van der Waals surface area contributed by atoms with Crippen LogP contribution in [0.4, 0.5) is 26.3 Å². The Morgan fingerprint density at radius 2 is 1.92 bits per heavy atom. The number of alkyl halides is 4. The number of fused-ring (bicyclic) bond motifs is 2. The van der Waals surface area contributed by atoms with Gasteiger partial charge in [0.2, 0.25) is 5.88 Å². The van der Waals surface area contributed by atoms with E-state index in [4.69, 9.17) is 16.3 Å². The van der Waals surface area contributed by atoms with Crippen molar-refractivity contribution < 1.29 is 36.2 Å². The summed E-state index contributed by atoms with van der Waals surface area (Å²) in [5, 5.41) is 9.64. The van der Waals surface area contributed by atoms with Gasteiger partial charge in [-0.2, -0.15) is 23.1 Å². The first kappa shape index (κ1) is 25.8. The van der Waals surface area contributed by atoms with E-state index in [-0.39, 0.29) is 30.7 Å². The molecule has 2 aliphatic heterocycles. The minimum absolute atomic E-state index is 0.0173. The van der Waals surface area contributed by atoms with E-state index in [1.807, 2.05) is 4.90 Å². The molecule has 4 heterocycles. The summed E-state index contributed by atoms with van der Waals surface area (Å²) in [6.45, 7) is 3.02. The topological polar surface area (TPSA) is 71.4 Å². The Labute approximate surface area is 212 Å². The van der Waals surface area contributed by atoms with Crippen LogP contribution in [0.25, 0.3) is 22.2 Å². The van der Waals surface area contributed by atoms with Crippen LogP contribution in [0.5, 0.6) is 11.9 Å². The SMILES string of the molecule is Cc1nc(-c2c(Cl)cc3c(O)nc(OC[C@@]45CCCN4C[C@H](F)C5)nc3c2F)c(C(F)(F)F)c(C)c1F. The Kier molecular flexibility index (Phi) is 6.18. The lowest BCUT2D eigenvalue weighted by molar-refractivity contribution is -0.138. The second kappa shape index (κ2) is 8.87. The molecule has 0 aliphatic carbocycles. The summed E-state index contributed by atoms with van der Waals surface area (Å²) in [4.78, 5) is 13.4. The van der Waals surface area contributed by atoms with Gasteiger partial charge in [0.25, 0.3) is 0 Å². The monoisotopic (exact) mass is 546 g/mol. The molecule has 2 saturated heterocycles. The Balaban J connectivity index is 1.62. The molecule has 198 valence electrons. The first-order valence-corrected chi connectivity index (χ1v) is 11.8. The average Bonchev–Trinajstić information content (AvgIpc) is 3.31. The number of hydrogen-bond acceptors (Lipinski definition) is 6. The fourth-order valence-corrected chi connectivity index (χ4v) is 5.73. The molecule has 0 radical (unpaired) electrons. The molecular formula is C24H21ClF6N4O2. The predicted octanol–water partition coefficient (Wildman–Crippen LogP) is 5.92. The van der Waals surface area contributed by atoms with Crippen molar-refractivity contribution in [1.82, 2.24) is 19.9 Å². The third kappa shape index (κ3) is 4.23. The average molecular weight is 547 g/mol. The Hall–Kier alpha value is -2.86. The number of benzene rings is 1. The third-order valence-electron chi connectivity index (χ3n) is 7.13. The molecule has 37 heavy (non-hydrogen) atoms. The van der Waals surface area contributed by atoms with Crippen molar-refractivity contribution in [3.05, 3.63) is 39.5 Å². The van der Waals surface area contributed by atoms with Crippen LogP contribution in [0.3, 0.4) is 0 Å². The minimum Gasteiger partial charge on any atom is -0.493 e. The lowest BCUT2D eigenvalue weighted by atomic mass is 9.95. The van der Waals surface area contributed by atoms with Gasteiger partial charge in [-0.05, 0) is 39.3 Å². The highest BCUT2D eigenvalue weighted by Gasteiger charge is 2.49. The van der Waals surface area contributed by atoms with Gasteiger partial charge in [-0.1, -0.05) is 11.6 Å². The van der Waals surface area contributed by atoms with Crippen LogP contribution in [0.2, 0.25) is 5.02 Å². The highest BCUT2D eigenvalue weighted by Crippen LogP contribution is 2.45. The molecule has 0 spiro atoms. The fraction of sp³-hybridized carbons (Fsp3) is 0.458. The van der Waals surface area contributed by atoms with E-state index in [1.54, 1.807) is 0 Å². The zero-order valence-corrected chi connectivity index (χ0v) is 20.4. The maximum Gasteiger partial charge on any atom is 0.418 e. The summed E-state index contributed by atoms with van der Waals surface area (Å²) in [7, 11) is 0. The maximum atomic E-state index is 15.8. The molecule has 0 saturated carbocycles. The van der Waals surface area contributed by atoms with Crippen LogP contribution in [-0.4, -0.2) is 56.4 Å². The van der Waals surface area contributed by atoms with Gasteiger partial charge in [0.1, 0.15) is 24.1 Å². The molecule has 2 aromatic heterocycles. The van der Waals surface area contributed by atoms with Crippen molar-refractivity contribution in [2.75, 3.05) is 19.7 Å². The Bertz CT molecular complexity index is 1420. The molecule has 0 amide bonds. The highest BCUT2D eigenvalue weighted by atomic mass is 35.5. The lowest BCUT2D eigenvalue weighted by Gasteiger charge is -2.30. The quantitative estimate of drug-likeness (QED) is 0.410. The summed E-state index contributed by atoms with van der Waals surface area (Å²) < 4.78 is 91.6. The molecule has 5 rings (SSSR count). The molecule has 0 bridgehead atoms. The number of aryl methyl sites for hydroxylation is 1. The summed E-state index contributed by atoms with van der Waals surface area (Å²) in [5.74, 6) is -3.20. The molecule has 1 N–H and O–H groups in total. The van der Waals surface area contributed by atoms with E-state index in [9.17, 15) is 27.1 Å². The molecule has 13 heteroatoms. The molecule has 6 nitrogen and oxygen atoms in total. The zero-order valence-electron chi connectivity index (χ0n) is 19.7. The Morgan fingerprint density at radius 3 is 2.62 bits per heavy atom. The summed E-state index contributed by atoms with van der Waals surface area (Å²) in [6.07, 6.45) is -4.32. The van der Waals surface area contributed by atoms with Crippen molar-refractivity contribution in [1.29, 1.82) is 0 Å². The molecule has 1 aromatic carbocycles. The van der Waals surface area contributed by atoms with E-state index in [2.05, 4.69) is 15.0 Å². The largest absolute Gasteiger partial charge is 0.493 e. The first-order chi connectivity index (χ1) is 17.3. The second-order valence-corrected chi connectivity index (χ2v) is 9.90. The number of nitrogens with zero attached hydrogens (tertiary/aromatic N) is 4. The molecule has 2 aliphatic rings. The van der Waals surface area contributed by atoms with Crippen LogP contribution in [0.1, 0.15) is 36.1 Å². The Morgan fingerprint density at radius 1 is 1.19 bits per heavy atom. The van der Waals surface area contributed by atoms with Gasteiger partial charge in [-0.25, -0.2) is 18.2 Å². The van der Waals surface area contributed by atoms with E-state index >= 15 is 4.39 Å². The van der Waals surface area contributed by atoms with E-state index in [0.717, 1.165) is 26.3 Å². The normalized spacial score (nSPS) is 22.1. The van der Waals surface area contributed by atoms with Crippen LogP contribution in [-0.2, 0) is 6.18 Å². The molecule has 3 aromatic rings. The summed E-state index contributed by atoms with van der Waals surface area (Å²) in [5.41, 5.74) is -5.43. The number of rotatable bonds is 4. The number of pyridine rings is 1. The van der Waals surface area contributed by atoms with Crippen LogP contribution < -0.4 is 4.74 Å². The van der Waals surface area contributed by atoms with E-state index in [1.165, 1.54) is 0 Å². The van der Waals surface area contributed by atoms with Crippen molar-refractivity contribution in [3.63, 3.8) is 0 Å². The highest BCUT2D eigenvalue weighted by molar-refractivity contribution is 6.34. The number of ether oxygens (including phenoxy) is 1. The van der Waals surface area contributed by atoms with Gasteiger partial charge in [-0.3, -0.25) is 4.90 Å². The first-order valence-electron chi connectivity index (χ1n) is 11.5. The molecule has 2 fully saturated rings. The summed E-state index contributed by atoms with van der Waals surface area (Å²) >= 11 is 6.16. The van der Waals surface area contributed by atoms with Crippen molar-refractivity contribution in [2.45, 2.75) is 51.0 Å². The van der Waals surface area contributed by atoms with Crippen LogP contribution >= 0.6 is 11.6 Å². The predicted molar refractivity (Wildman–Crippen MR) is 122 cm³/mol. The van der Waals surface area contributed by atoms with Gasteiger partial charge in [0.05, 0.1) is 38.5 Å². The maximum absolute atomic E-state index is 15.8. The van der Waals surface area contributed by atoms with Gasteiger partial charge in [-0.15, -0.1) is 0 Å². The zero-order chi connectivity index (χ0) is 26.9. The van der Waals surface area contributed by atoms with Crippen molar-refractivity contribution in [3.8, 4) is 23.1 Å². The number of hydrogen-bond donors (Lipinski definition) is 1. The van der Waals surface area contributed by atoms with Crippen molar-refractivity contribution in [2.24, 2.45) is 0 Å². The van der Waals surface area contributed by atoms with Gasteiger partial charge >= 0.3 is 12.2 Å². The third-order valence-corrected chi connectivity index (χ3v) is 7.43. The van der Waals surface area contributed by atoms with Crippen LogP contribution in [0.15, 0.2) is 6.07 Å².